The Hall–Kier alpha value is -0.930. The number of benzene rings is 1. The normalized spacial score (nSPS) is 13.9. The first-order valence-electron chi connectivity index (χ1n) is 5.14. The SMILES string of the molecule is CNC(c1ccc(F)cc1)C(C)(C)CN. The third kappa shape index (κ3) is 2.76. The van der Waals surface area contributed by atoms with Gasteiger partial charge in [-0.05, 0) is 36.7 Å². The Kier molecular flexibility index (Phi) is 3.83. The van der Waals surface area contributed by atoms with Gasteiger partial charge in [0.15, 0.2) is 0 Å². The minimum atomic E-state index is -0.209. The lowest BCUT2D eigenvalue weighted by Gasteiger charge is -2.33. The summed E-state index contributed by atoms with van der Waals surface area (Å²) in [6, 6.07) is 6.70. The van der Waals surface area contributed by atoms with E-state index >= 15 is 0 Å². The van der Waals surface area contributed by atoms with Crippen molar-refractivity contribution in [3.63, 3.8) is 0 Å². The molecule has 0 saturated heterocycles. The predicted molar refractivity (Wildman–Crippen MR) is 61.0 cm³/mol. The molecular weight excluding hydrogens is 191 g/mol. The fraction of sp³-hybridized carbons (Fsp3) is 0.500. The molecule has 0 aromatic heterocycles. The van der Waals surface area contributed by atoms with Crippen LogP contribution < -0.4 is 11.1 Å². The topological polar surface area (TPSA) is 38.0 Å². The zero-order valence-corrected chi connectivity index (χ0v) is 9.55. The maximum atomic E-state index is 12.8. The number of nitrogens with two attached hydrogens (primary N) is 1. The first kappa shape index (κ1) is 12.1. The molecule has 1 aromatic carbocycles. The van der Waals surface area contributed by atoms with Crippen molar-refractivity contribution in [2.45, 2.75) is 19.9 Å². The van der Waals surface area contributed by atoms with Crippen molar-refractivity contribution < 1.29 is 4.39 Å². The highest BCUT2D eigenvalue weighted by molar-refractivity contribution is 5.21. The Morgan fingerprint density at radius 1 is 1.33 bits per heavy atom. The van der Waals surface area contributed by atoms with Crippen molar-refractivity contribution in [2.24, 2.45) is 11.1 Å². The largest absolute Gasteiger partial charge is 0.330 e. The molecule has 84 valence electrons. The van der Waals surface area contributed by atoms with Crippen LogP contribution in [-0.2, 0) is 0 Å². The van der Waals surface area contributed by atoms with Crippen molar-refractivity contribution in [1.29, 1.82) is 0 Å². The average molecular weight is 210 g/mol. The van der Waals surface area contributed by atoms with Crippen LogP contribution in [0.15, 0.2) is 24.3 Å². The van der Waals surface area contributed by atoms with E-state index in [9.17, 15) is 4.39 Å². The molecule has 1 atom stereocenters. The molecular formula is C12H19FN2. The van der Waals surface area contributed by atoms with Gasteiger partial charge in [-0.1, -0.05) is 26.0 Å². The number of halogens is 1. The van der Waals surface area contributed by atoms with Gasteiger partial charge in [0, 0.05) is 6.04 Å². The molecule has 0 bridgehead atoms. The van der Waals surface area contributed by atoms with Crippen molar-refractivity contribution in [2.75, 3.05) is 13.6 Å². The van der Waals surface area contributed by atoms with Crippen LogP contribution in [-0.4, -0.2) is 13.6 Å². The smallest absolute Gasteiger partial charge is 0.123 e. The molecule has 0 heterocycles. The Morgan fingerprint density at radius 2 is 1.87 bits per heavy atom. The second-order valence-electron chi connectivity index (χ2n) is 4.47. The molecule has 0 aliphatic rings. The number of hydrogen-bond donors (Lipinski definition) is 2. The van der Waals surface area contributed by atoms with Crippen molar-refractivity contribution in [3.05, 3.63) is 35.6 Å². The summed E-state index contributed by atoms with van der Waals surface area (Å²) in [6.07, 6.45) is 0. The van der Waals surface area contributed by atoms with Crippen LogP contribution in [0.1, 0.15) is 25.5 Å². The quantitative estimate of drug-likeness (QED) is 0.798. The lowest BCUT2D eigenvalue weighted by Crippen LogP contribution is -2.37. The lowest BCUT2D eigenvalue weighted by molar-refractivity contribution is 0.265. The molecule has 0 aliphatic carbocycles. The van der Waals surface area contributed by atoms with Crippen molar-refractivity contribution in [1.82, 2.24) is 5.32 Å². The van der Waals surface area contributed by atoms with E-state index in [0.29, 0.717) is 6.54 Å². The maximum Gasteiger partial charge on any atom is 0.123 e. The zero-order chi connectivity index (χ0) is 11.5. The molecule has 3 heteroatoms. The van der Waals surface area contributed by atoms with Gasteiger partial charge in [-0.15, -0.1) is 0 Å². The zero-order valence-electron chi connectivity index (χ0n) is 9.55. The van der Waals surface area contributed by atoms with E-state index in [-0.39, 0.29) is 17.3 Å². The molecule has 1 aromatic rings. The first-order chi connectivity index (χ1) is 7.01. The number of rotatable bonds is 4. The van der Waals surface area contributed by atoms with E-state index in [4.69, 9.17) is 5.73 Å². The summed E-state index contributed by atoms with van der Waals surface area (Å²) in [5, 5.41) is 3.23. The summed E-state index contributed by atoms with van der Waals surface area (Å²) in [5.74, 6) is -0.209. The fourth-order valence-corrected chi connectivity index (χ4v) is 1.78. The summed E-state index contributed by atoms with van der Waals surface area (Å²) in [7, 11) is 1.89. The second-order valence-corrected chi connectivity index (χ2v) is 4.47. The highest BCUT2D eigenvalue weighted by Crippen LogP contribution is 2.31. The number of nitrogens with one attached hydrogen (secondary N) is 1. The van der Waals surface area contributed by atoms with Gasteiger partial charge in [0.25, 0.3) is 0 Å². The summed E-state index contributed by atoms with van der Waals surface area (Å²) < 4.78 is 12.8. The molecule has 3 N–H and O–H groups in total. The highest BCUT2D eigenvalue weighted by atomic mass is 19.1. The van der Waals surface area contributed by atoms with E-state index in [1.165, 1.54) is 12.1 Å². The Labute approximate surface area is 90.7 Å². The van der Waals surface area contributed by atoms with Crippen LogP contribution in [0.4, 0.5) is 4.39 Å². The maximum absolute atomic E-state index is 12.8. The van der Waals surface area contributed by atoms with Crippen LogP contribution >= 0.6 is 0 Å². The van der Waals surface area contributed by atoms with E-state index in [1.54, 1.807) is 12.1 Å². The van der Waals surface area contributed by atoms with E-state index in [0.717, 1.165) is 5.56 Å². The third-order valence-electron chi connectivity index (χ3n) is 2.80. The van der Waals surface area contributed by atoms with Crippen molar-refractivity contribution >= 4 is 0 Å². The van der Waals surface area contributed by atoms with Crippen LogP contribution in [0, 0.1) is 11.2 Å². The minimum Gasteiger partial charge on any atom is -0.330 e. The Bertz CT molecular complexity index is 306. The average Bonchev–Trinajstić information content (AvgIpc) is 2.22. The van der Waals surface area contributed by atoms with Gasteiger partial charge in [0.2, 0.25) is 0 Å². The van der Waals surface area contributed by atoms with Crippen LogP contribution in [0.2, 0.25) is 0 Å². The Balaban J connectivity index is 2.97. The van der Waals surface area contributed by atoms with Crippen LogP contribution in [0.25, 0.3) is 0 Å². The monoisotopic (exact) mass is 210 g/mol. The molecule has 2 nitrogen and oxygen atoms in total. The Morgan fingerprint density at radius 3 is 2.27 bits per heavy atom. The number of hydrogen-bond acceptors (Lipinski definition) is 2. The van der Waals surface area contributed by atoms with Gasteiger partial charge in [-0.3, -0.25) is 0 Å². The van der Waals surface area contributed by atoms with E-state index in [1.807, 2.05) is 7.05 Å². The molecule has 0 spiro atoms. The van der Waals surface area contributed by atoms with E-state index < -0.39 is 0 Å². The predicted octanol–water partition coefficient (Wildman–Crippen LogP) is 2.07. The molecule has 0 saturated carbocycles. The third-order valence-corrected chi connectivity index (χ3v) is 2.80. The molecule has 0 aliphatic heterocycles. The van der Waals surface area contributed by atoms with Gasteiger partial charge in [0.05, 0.1) is 0 Å². The summed E-state index contributed by atoms with van der Waals surface area (Å²) in [6.45, 7) is 4.77. The van der Waals surface area contributed by atoms with E-state index in [2.05, 4.69) is 19.2 Å². The van der Waals surface area contributed by atoms with Gasteiger partial charge in [0.1, 0.15) is 5.82 Å². The van der Waals surface area contributed by atoms with Gasteiger partial charge in [-0.2, -0.15) is 0 Å². The van der Waals surface area contributed by atoms with Gasteiger partial charge in [-0.25, -0.2) is 4.39 Å². The van der Waals surface area contributed by atoms with Crippen LogP contribution in [0.3, 0.4) is 0 Å². The lowest BCUT2D eigenvalue weighted by atomic mass is 9.80. The minimum absolute atomic E-state index is 0.0490. The molecule has 0 amide bonds. The molecule has 0 fully saturated rings. The van der Waals surface area contributed by atoms with Crippen molar-refractivity contribution in [3.8, 4) is 0 Å². The van der Waals surface area contributed by atoms with Gasteiger partial charge < -0.3 is 11.1 Å². The standard InChI is InChI=1S/C12H19FN2/c1-12(2,8-14)11(15-3)9-4-6-10(13)7-5-9/h4-7,11,15H,8,14H2,1-3H3. The molecule has 15 heavy (non-hydrogen) atoms. The second kappa shape index (κ2) is 4.73. The van der Waals surface area contributed by atoms with Gasteiger partial charge >= 0.3 is 0 Å². The van der Waals surface area contributed by atoms with Crippen LogP contribution in [0.5, 0.6) is 0 Å². The summed E-state index contributed by atoms with van der Waals surface area (Å²) in [5.41, 5.74) is 6.75. The fourth-order valence-electron chi connectivity index (χ4n) is 1.78. The summed E-state index contributed by atoms with van der Waals surface area (Å²) in [4.78, 5) is 0. The highest BCUT2D eigenvalue weighted by Gasteiger charge is 2.27. The molecule has 0 radical (unpaired) electrons. The molecule has 1 unspecified atom stereocenters. The summed E-state index contributed by atoms with van der Waals surface area (Å²) >= 11 is 0. The molecule has 1 rings (SSSR count). The first-order valence-corrected chi connectivity index (χ1v) is 5.14.